The lowest BCUT2D eigenvalue weighted by molar-refractivity contribution is 0.567. The average Bonchev–Trinajstić information content (AvgIpc) is 2.39. The standard InChI is InChI=1S/C9H6O3S/c10-6-8-5-7-3-1-2-4-9(7)13(8,11)12/h1-4H,5H2. The Hall–Kier alpha value is -1.38. The highest BCUT2D eigenvalue weighted by Gasteiger charge is 2.31. The van der Waals surface area contributed by atoms with Gasteiger partial charge in [-0.2, -0.15) is 0 Å². The lowest BCUT2D eigenvalue weighted by Crippen LogP contribution is -1.97. The van der Waals surface area contributed by atoms with Gasteiger partial charge in [0.25, 0.3) is 0 Å². The fraction of sp³-hybridized carbons (Fsp3) is 0.111. The van der Waals surface area contributed by atoms with Crippen LogP contribution >= 0.6 is 0 Å². The molecule has 1 aliphatic rings. The van der Waals surface area contributed by atoms with Crippen molar-refractivity contribution >= 4 is 15.8 Å². The van der Waals surface area contributed by atoms with Crippen LogP contribution in [0, 0.1) is 0 Å². The van der Waals surface area contributed by atoms with Gasteiger partial charge in [-0.1, -0.05) is 18.2 Å². The highest BCUT2D eigenvalue weighted by Crippen LogP contribution is 2.31. The summed E-state index contributed by atoms with van der Waals surface area (Å²) in [5.41, 5.74) is 0.681. The monoisotopic (exact) mass is 194 g/mol. The normalized spacial score (nSPS) is 18.0. The van der Waals surface area contributed by atoms with E-state index in [0.717, 1.165) is 0 Å². The second-order valence-corrected chi connectivity index (χ2v) is 4.75. The maximum atomic E-state index is 11.5. The molecule has 13 heavy (non-hydrogen) atoms. The third-order valence-corrected chi connectivity index (χ3v) is 3.91. The topological polar surface area (TPSA) is 51.2 Å². The minimum absolute atomic E-state index is 0.159. The van der Waals surface area contributed by atoms with Crippen molar-refractivity contribution in [1.82, 2.24) is 0 Å². The summed E-state index contributed by atoms with van der Waals surface area (Å²) in [5, 5.41) is 0. The highest BCUT2D eigenvalue weighted by molar-refractivity contribution is 7.96. The van der Waals surface area contributed by atoms with Gasteiger partial charge in [0, 0.05) is 6.42 Å². The van der Waals surface area contributed by atoms with E-state index < -0.39 is 9.84 Å². The Morgan fingerprint density at radius 2 is 1.92 bits per heavy atom. The molecule has 0 saturated heterocycles. The van der Waals surface area contributed by atoms with E-state index >= 15 is 0 Å². The number of benzene rings is 1. The summed E-state index contributed by atoms with van der Waals surface area (Å²) < 4.78 is 23.0. The molecular weight excluding hydrogens is 188 g/mol. The first kappa shape index (κ1) is 8.23. The Labute approximate surface area is 75.6 Å². The van der Waals surface area contributed by atoms with Gasteiger partial charge in [-0.25, -0.2) is 13.2 Å². The van der Waals surface area contributed by atoms with Gasteiger partial charge >= 0.3 is 0 Å². The summed E-state index contributed by atoms with van der Waals surface area (Å²) in [4.78, 5) is 10.4. The van der Waals surface area contributed by atoms with Crippen molar-refractivity contribution in [2.45, 2.75) is 11.3 Å². The van der Waals surface area contributed by atoms with Crippen molar-refractivity contribution in [1.29, 1.82) is 0 Å². The molecule has 0 aliphatic carbocycles. The lowest BCUT2D eigenvalue weighted by Gasteiger charge is -1.93. The summed E-state index contributed by atoms with van der Waals surface area (Å²) in [6, 6.07) is 6.61. The molecule has 0 amide bonds. The van der Waals surface area contributed by atoms with Crippen LogP contribution in [0.2, 0.25) is 0 Å². The van der Waals surface area contributed by atoms with Crippen LogP contribution in [0.15, 0.2) is 34.1 Å². The molecule has 2 rings (SSSR count). The third-order valence-electron chi connectivity index (χ3n) is 2.05. The maximum Gasteiger partial charge on any atom is 0.213 e. The zero-order valence-corrected chi connectivity index (χ0v) is 7.47. The van der Waals surface area contributed by atoms with Crippen molar-refractivity contribution < 1.29 is 13.2 Å². The summed E-state index contributed by atoms with van der Waals surface area (Å²) >= 11 is 0. The molecule has 0 radical (unpaired) electrons. The van der Waals surface area contributed by atoms with Crippen LogP contribution in [0.4, 0.5) is 0 Å². The van der Waals surface area contributed by atoms with Gasteiger partial charge in [0.2, 0.25) is 9.84 Å². The van der Waals surface area contributed by atoms with Crippen LogP contribution in [0.1, 0.15) is 5.56 Å². The molecule has 1 heterocycles. The minimum atomic E-state index is -3.50. The third kappa shape index (κ3) is 1.03. The molecule has 0 spiro atoms. The van der Waals surface area contributed by atoms with E-state index in [-0.39, 0.29) is 16.2 Å². The lowest BCUT2D eigenvalue weighted by atomic mass is 10.2. The minimum Gasteiger partial charge on any atom is -0.232 e. The quantitative estimate of drug-likeness (QED) is 0.572. The summed E-state index contributed by atoms with van der Waals surface area (Å²) in [6.45, 7) is 0. The molecule has 3 nitrogen and oxygen atoms in total. The van der Waals surface area contributed by atoms with Gasteiger partial charge in [0.1, 0.15) is 10.8 Å². The Morgan fingerprint density at radius 1 is 1.23 bits per heavy atom. The molecule has 0 fully saturated rings. The Balaban J connectivity index is 2.82. The summed E-state index contributed by atoms with van der Waals surface area (Å²) in [5.74, 6) is 1.48. The molecule has 0 N–H and O–H groups in total. The molecule has 1 aromatic rings. The fourth-order valence-corrected chi connectivity index (χ4v) is 2.87. The molecule has 66 valence electrons. The van der Waals surface area contributed by atoms with E-state index in [0.29, 0.717) is 5.56 Å². The first-order chi connectivity index (χ1) is 6.16. The van der Waals surface area contributed by atoms with Crippen LogP contribution in [0.25, 0.3) is 0 Å². The van der Waals surface area contributed by atoms with E-state index in [1.165, 1.54) is 12.0 Å². The summed E-state index contributed by atoms with van der Waals surface area (Å²) in [7, 11) is -3.50. The number of sulfone groups is 1. The van der Waals surface area contributed by atoms with Gasteiger partial charge in [-0.05, 0) is 11.6 Å². The van der Waals surface area contributed by atoms with E-state index in [9.17, 15) is 13.2 Å². The molecule has 0 atom stereocenters. The molecule has 4 heteroatoms. The van der Waals surface area contributed by atoms with Crippen LogP contribution in [-0.4, -0.2) is 14.4 Å². The maximum absolute atomic E-state index is 11.5. The second-order valence-electron chi connectivity index (χ2n) is 2.81. The molecule has 0 aromatic heterocycles. The van der Waals surface area contributed by atoms with Crippen molar-refractivity contribution in [3.8, 4) is 0 Å². The highest BCUT2D eigenvalue weighted by atomic mass is 32.2. The van der Waals surface area contributed by atoms with Crippen molar-refractivity contribution in [3.63, 3.8) is 0 Å². The smallest absolute Gasteiger partial charge is 0.213 e. The number of allylic oxidation sites excluding steroid dienone is 1. The molecule has 0 unspecified atom stereocenters. The first-order valence-electron chi connectivity index (χ1n) is 3.73. The van der Waals surface area contributed by atoms with Crippen LogP contribution < -0.4 is 0 Å². The first-order valence-corrected chi connectivity index (χ1v) is 5.21. The number of carbonyl (C=O) groups excluding carboxylic acids is 1. The van der Waals surface area contributed by atoms with Gasteiger partial charge < -0.3 is 0 Å². The van der Waals surface area contributed by atoms with Gasteiger partial charge in [-0.3, -0.25) is 0 Å². The van der Waals surface area contributed by atoms with E-state index in [1.54, 1.807) is 18.2 Å². The average molecular weight is 194 g/mol. The van der Waals surface area contributed by atoms with Gasteiger partial charge in [0.05, 0.1) is 4.90 Å². The Morgan fingerprint density at radius 3 is 2.54 bits per heavy atom. The summed E-state index contributed by atoms with van der Waals surface area (Å²) in [6.07, 6.45) is 0.183. The number of hydrogen-bond donors (Lipinski definition) is 0. The van der Waals surface area contributed by atoms with E-state index in [1.807, 2.05) is 0 Å². The van der Waals surface area contributed by atoms with Crippen LogP contribution in [0.5, 0.6) is 0 Å². The van der Waals surface area contributed by atoms with E-state index in [2.05, 4.69) is 0 Å². The zero-order chi connectivity index (χ0) is 9.47. The molecule has 0 saturated carbocycles. The second kappa shape index (κ2) is 2.55. The molecule has 1 aliphatic heterocycles. The van der Waals surface area contributed by atoms with Gasteiger partial charge in [0.15, 0.2) is 0 Å². The van der Waals surface area contributed by atoms with Gasteiger partial charge in [-0.15, -0.1) is 0 Å². The van der Waals surface area contributed by atoms with Crippen LogP contribution in [0.3, 0.4) is 0 Å². The van der Waals surface area contributed by atoms with Crippen LogP contribution in [-0.2, 0) is 21.1 Å². The van der Waals surface area contributed by atoms with Crippen molar-refractivity contribution in [2.24, 2.45) is 0 Å². The number of hydrogen-bond acceptors (Lipinski definition) is 3. The molecule has 0 bridgehead atoms. The largest absolute Gasteiger partial charge is 0.232 e. The van der Waals surface area contributed by atoms with Crippen molar-refractivity contribution in [3.05, 3.63) is 34.7 Å². The molecule has 1 aromatic carbocycles. The Kier molecular flexibility index (Phi) is 1.62. The van der Waals surface area contributed by atoms with E-state index in [4.69, 9.17) is 0 Å². The predicted octanol–water partition coefficient (Wildman–Crippen LogP) is 0.732. The Bertz CT molecular complexity index is 507. The fourth-order valence-electron chi connectivity index (χ4n) is 1.40. The molecular formula is C9H6O3S. The number of rotatable bonds is 0. The predicted molar refractivity (Wildman–Crippen MR) is 46.5 cm³/mol. The van der Waals surface area contributed by atoms with Crippen molar-refractivity contribution in [2.75, 3.05) is 0 Å². The SMILES string of the molecule is O=C=C1Cc2ccccc2S1(=O)=O. The zero-order valence-electron chi connectivity index (χ0n) is 6.65. The number of fused-ring (bicyclic) bond motifs is 1.